The summed E-state index contributed by atoms with van der Waals surface area (Å²) in [6.07, 6.45) is 0. The molecule has 0 spiro atoms. The van der Waals surface area contributed by atoms with Gasteiger partial charge in [-0.25, -0.2) is 0 Å². The molecule has 2 saturated heterocycles. The summed E-state index contributed by atoms with van der Waals surface area (Å²) in [6, 6.07) is 0. The van der Waals surface area contributed by atoms with Crippen molar-refractivity contribution in [1.82, 2.24) is 0 Å². The van der Waals surface area contributed by atoms with E-state index in [9.17, 15) is 0 Å². The molecule has 0 aromatic rings. The molecule has 0 aromatic carbocycles. The van der Waals surface area contributed by atoms with Crippen LogP contribution in [0.5, 0.6) is 0 Å². The summed E-state index contributed by atoms with van der Waals surface area (Å²) in [5.41, 5.74) is 0. The van der Waals surface area contributed by atoms with Gasteiger partial charge in [0.2, 0.25) is 0 Å². The Balaban J connectivity index is 1.85. The van der Waals surface area contributed by atoms with Gasteiger partial charge >= 0.3 is 0 Å². The molecule has 0 nitrogen and oxygen atoms in total. The third-order valence-electron chi connectivity index (χ3n) is 3.19. The van der Waals surface area contributed by atoms with Gasteiger partial charge in [0.15, 0.2) is 0 Å². The van der Waals surface area contributed by atoms with Crippen LogP contribution in [-0.2, 0) is 0 Å². The predicted molar refractivity (Wildman–Crippen MR) is 85.3 cm³/mol. The topological polar surface area (TPSA) is 0 Å². The van der Waals surface area contributed by atoms with E-state index in [2.05, 4.69) is 74.7 Å². The number of thioether (sulfide) groups is 4. The third kappa shape index (κ3) is 3.46. The molecule has 0 unspecified atom stereocenters. The number of hydrogen-bond acceptors (Lipinski definition) is 4. The molecule has 94 valence electrons. The van der Waals surface area contributed by atoms with E-state index in [4.69, 9.17) is 0 Å². The molecule has 2 aliphatic rings. The van der Waals surface area contributed by atoms with E-state index in [0.29, 0.717) is 8.83 Å². The third-order valence-corrected chi connectivity index (χ3v) is 9.29. The highest BCUT2D eigenvalue weighted by molar-refractivity contribution is 8.20. The Hall–Kier alpha value is 1.40. The summed E-state index contributed by atoms with van der Waals surface area (Å²) in [5.74, 6) is 6.42. The molecule has 0 aliphatic carbocycles. The lowest BCUT2D eigenvalue weighted by Gasteiger charge is -2.44. The maximum Gasteiger partial charge on any atom is 0.0563 e. The first kappa shape index (κ1) is 13.8. The first-order valence-corrected chi connectivity index (χ1v) is 9.93. The van der Waals surface area contributed by atoms with Crippen molar-refractivity contribution < 1.29 is 0 Å². The van der Waals surface area contributed by atoms with Gasteiger partial charge in [0.1, 0.15) is 0 Å². The van der Waals surface area contributed by atoms with Gasteiger partial charge in [0, 0.05) is 21.5 Å². The molecule has 2 fully saturated rings. The predicted octanol–water partition coefficient (Wildman–Crippen LogP) is 4.45. The van der Waals surface area contributed by atoms with Crippen molar-refractivity contribution >= 4 is 47.0 Å². The molecule has 0 N–H and O–H groups in total. The van der Waals surface area contributed by atoms with E-state index in [1.54, 1.807) is 0 Å². The molecular formula is C12H22S4. The van der Waals surface area contributed by atoms with Crippen LogP contribution in [0.25, 0.3) is 0 Å². The molecule has 16 heavy (non-hydrogen) atoms. The van der Waals surface area contributed by atoms with Crippen LogP contribution in [-0.4, -0.2) is 37.1 Å². The molecular weight excluding hydrogens is 272 g/mol. The zero-order valence-electron chi connectivity index (χ0n) is 10.6. The normalized spacial score (nSPS) is 24.0. The number of hydrogen-bond donors (Lipinski definition) is 0. The second kappa shape index (κ2) is 5.18. The molecule has 4 heteroatoms. The lowest BCUT2D eigenvalue weighted by molar-refractivity contribution is 0.496. The van der Waals surface area contributed by atoms with Gasteiger partial charge < -0.3 is 0 Å². The molecule has 0 radical (unpaired) electrons. The van der Waals surface area contributed by atoms with Crippen LogP contribution >= 0.6 is 47.0 Å². The molecule has 0 saturated carbocycles. The van der Waals surface area contributed by atoms with E-state index >= 15 is 0 Å². The van der Waals surface area contributed by atoms with Gasteiger partial charge in [-0.05, 0) is 31.3 Å². The van der Waals surface area contributed by atoms with E-state index in [0.717, 1.165) is 11.2 Å². The maximum absolute atomic E-state index is 2.44. The maximum atomic E-state index is 2.44. The average molecular weight is 295 g/mol. The van der Waals surface area contributed by atoms with Gasteiger partial charge in [-0.15, -0.1) is 23.5 Å². The van der Waals surface area contributed by atoms with Gasteiger partial charge in [0.05, 0.1) is 4.08 Å². The van der Waals surface area contributed by atoms with Crippen LogP contribution in [0, 0.1) is 5.92 Å². The van der Waals surface area contributed by atoms with Gasteiger partial charge in [-0.1, -0.05) is 13.8 Å². The Labute approximate surface area is 117 Å². The highest BCUT2D eigenvalue weighted by Gasteiger charge is 2.40. The Bertz CT molecular complexity index is 241. The molecule has 0 atom stereocenters. The molecule has 0 bridgehead atoms. The van der Waals surface area contributed by atoms with Crippen molar-refractivity contribution in [3.05, 3.63) is 0 Å². The summed E-state index contributed by atoms with van der Waals surface area (Å²) in [7, 11) is 0. The minimum atomic E-state index is 0.384. The zero-order chi connectivity index (χ0) is 11.8. The largest absolute Gasteiger partial charge is 0.161 e. The summed E-state index contributed by atoms with van der Waals surface area (Å²) in [5, 5.41) is 0.916. The molecule has 2 aliphatic heterocycles. The second-order valence-electron chi connectivity index (χ2n) is 5.62. The first-order chi connectivity index (χ1) is 7.39. The fourth-order valence-corrected chi connectivity index (χ4v) is 8.78. The van der Waals surface area contributed by atoms with Gasteiger partial charge in [0.25, 0.3) is 0 Å². The van der Waals surface area contributed by atoms with Crippen LogP contribution in [0.1, 0.15) is 27.7 Å². The van der Waals surface area contributed by atoms with Gasteiger partial charge in [-0.2, -0.15) is 23.5 Å². The van der Waals surface area contributed by atoms with Crippen molar-refractivity contribution in [2.45, 2.75) is 41.8 Å². The Morgan fingerprint density at radius 2 is 1.50 bits per heavy atom. The smallest absolute Gasteiger partial charge is 0.0563 e. The van der Waals surface area contributed by atoms with Gasteiger partial charge in [-0.3, -0.25) is 0 Å². The lowest BCUT2D eigenvalue weighted by atomic mass is 9.98. The molecule has 0 amide bonds. The summed E-state index contributed by atoms with van der Waals surface area (Å²) >= 11 is 8.61. The highest BCUT2D eigenvalue weighted by Crippen LogP contribution is 2.52. The highest BCUT2D eigenvalue weighted by atomic mass is 32.2. The Kier molecular flexibility index (Phi) is 4.48. The monoisotopic (exact) mass is 294 g/mol. The van der Waals surface area contributed by atoms with Crippen LogP contribution in [0.15, 0.2) is 0 Å². The standard InChI is InChI=1S/C12H22S4/c1-11(2,9-5-13-6-9)16-12(3,4)15-10-7-14-8-10/h9-10H,5-8H2,1-4H3. The fourth-order valence-electron chi connectivity index (χ4n) is 2.06. The first-order valence-electron chi connectivity index (χ1n) is 5.92. The van der Waals surface area contributed by atoms with Crippen LogP contribution in [0.3, 0.4) is 0 Å². The average Bonchev–Trinajstić information content (AvgIpc) is 1.89. The van der Waals surface area contributed by atoms with E-state index < -0.39 is 0 Å². The minimum absolute atomic E-state index is 0.384. The number of rotatable bonds is 5. The van der Waals surface area contributed by atoms with Crippen LogP contribution in [0.4, 0.5) is 0 Å². The molecule has 2 heterocycles. The van der Waals surface area contributed by atoms with Crippen molar-refractivity contribution in [2.75, 3.05) is 23.0 Å². The Morgan fingerprint density at radius 3 is 1.88 bits per heavy atom. The van der Waals surface area contributed by atoms with Crippen molar-refractivity contribution in [1.29, 1.82) is 0 Å². The quantitative estimate of drug-likeness (QED) is 0.687. The summed E-state index contributed by atoms with van der Waals surface area (Å²) < 4.78 is 0.841. The SMILES string of the molecule is CC(C)(SC1CSC1)SC(C)(C)C1CSC1. The fraction of sp³-hybridized carbons (Fsp3) is 1.00. The summed E-state index contributed by atoms with van der Waals surface area (Å²) in [6.45, 7) is 9.72. The second-order valence-corrected chi connectivity index (χ2v) is 12.2. The van der Waals surface area contributed by atoms with Crippen molar-refractivity contribution in [2.24, 2.45) is 5.92 Å². The molecule has 2 rings (SSSR count). The van der Waals surface area contributed by atoms with Crippen LogP contribution < -0.4 is 0 Å². The van der Waals surface area contributed by atoms with E-state index in [1.165, 1.54) is 23.0 Å². The van der Waals surface area contributed by atoms with Crippen molar-refractivity contribution in [3.63, 3.8) is 0 Å². The van der Waals surface area contributed by atoms with Crippen molar-refractivity contribution in [3.8, 4) is 0 Å². The van der Waals surface area contributed by atoms with E-state index in [1.807, 2.05) is 0 Å². The Morgan fingerprint density at radius 1 is 0.938 bits per heavy atom. The summed E-state index contributed by atoms with van der Waals surface area (Å²) in [4.78, 5) is 0. The van der Waals surface area contributed by atoms with Crippen LogP contribution in [0.2, 0.25) is 0 Å². The van der Waals surface area contributed by atoms with E-state index in [-0.39, 0.29) is 0 Å². The lowest BCUT2D eigenvalue weighted by Crippen LogP contribution is -2.40. The molecule has 0 aromatic heterocycles. The zero-order valence-corrected chi connectivity index (χ0v) is 13.9. The minimum Gasteiger partial charge on any atom is -0.161 e.